The van der Waals surface area contributed by atoms with Gasteiger partial charge in [0, 0.05) is 15.9 Å². The normalized spacial score (nSPS) is 10.4. The number of ether oxygens (including phenoxy) is 1. The molecular weight excluding hydrogens is 335 g/mol. The molecule has 0 amide bonds. The van der Waals surface area contributed by atoms with Gasteiger partial charge in [0.2, 0.25) is 0 Å². The van der Waals surface area contributed by atoms with Gasteiger partial charge in [-0.15, -0.1) is 0 Å². The van der Waals surface area contributed by atoms with Gasteiger partial charge >= 0.3 is 0 Å². The topological polar surface area (TPSA) is 9.23 Å². The van der Waals surface area contributed by atoms with Crippen molar-refractivity contribution >= 4 is 39.1 Å². The van der Waals surface area contributed by atoms with Crippen molar-refractivity contribution in [1.82, 2.24) is 0 Å². The van der Waals surface area contributed by atoms with Crippen molar-refractivity contribution in [2.24, 2.45) is 0 Å². The lowest BCUT2D eigenvalue weighted by Crippen LogP contribution is -1.92. The maximum atomic E-state index is 6.17. The maximum Gasteiger partial charge on any atom is 0.150 e. The van der Waals surface area contributed by atoms with Crippen LogP contribution in [0.2, 0.25) is 10.0 Å². The van der Waals surface area contributed by atoms with Crippen LogP contribution in [-0.2, 0) is 5.33 Å². The Balaban J connectivity index is 2.42. The molecular formula is C14H11BrCl2O. The fourth-order valence-electron chi connectivity index (χ4n) is 1.57. The van der Waals surface area contributed by atoms with Crippen molar-refractivity contribution < 1.29 is 4.74 Å². The van der Waals surface area contributed by atoms with Crippen molar-refractivity contribution in [3.05, 3.63) is 57.6 Å². The molecule has 0 heterocycles. The Hall–Kier alpha value is -0.700. The SMILES string of the molecule is Cc1ccc(Cl)cc1Oc1c(Cl)cccc1CBr. The summed E-state index contributed by atoms with van der Waals surface area (Å²) in [5, 5.41) is 1.91. The maximum absolute atomic E-state index is 6.17. The molecule has 0 unspecified atom stereocenters. The van der Waals surface area contributed by atoms with Crippen molar-refractivity contribution in [1.29, 1.82) is 0 Å². The lowest BCUT2D eigenvalue weighted by Gasteiger charge is -2.13. The third kappa shape index (κ3) is 3.00. The summed E-state index contributed by atoms with van der Waals surface area (Å²) >= 11 is 15.6. The lowest BCUT2D eigenvalue weighted by molar-refractivity contribution is 0.475. The number of hydrogen-bond donors (Lipinski definition) is 0. The molecule has 0 bridgehead atoms. The molecule has 4 heteroatoms. The van der Waals surface area contributed by atoms with Crippen molar-refractivity contribution in [3.63, 3.8) is 0 Å². The molecule has 94 valence electrons. The smallest absolute Gasteiger partial charge is 0.150 e. The first-order valence-corrected chi connectivity index (χ1v) is 7.27. The van der Waals surface area contributed by atoms with Crippen LogP contribution >= 0.6 is 39.1 Å². The highest BCUT2D eigenvalue weighted by Crippen LogP contribution is 2.36. The zero-order valence-corrected chi connectivity index (χ0v) is 12.8. The first-order chi connectivity index (χ1) is 8.61. The Bertz CT molecular complexity index is 570. The summed E-state index contributed by atoms with van der Waals surface area (Å²) in [7, 11) is 0. The number of benzene rings is 2. The summed E-state index contributed by atoms with van der Waals surface area (Å²) in [6.45, 7) is 1.97. The molecule has 0 fully saturated rings. The number of aryl methyl sites for hydroxylation is 1. The van der Waals surface area contributed by atoms with Crippen molar-refractivity contribution in [2.45, 2.75) is 12.3 Å². The molecule has 0 saturated heterocycles. The van der Waals surface area contributed by atoms with E-state index in [2.05, 4.69) is 15.9 Å². The summed E-state index contributed by atoms with van der Waals surface area (Å²) in [4.78, 5) is 0. The molecule has 0 aliphatic carbocycles. The Morgan fingerprint density at radius 1 is 1.17 bits per heavy atom. The van der Waals surface area contributed by atoms with Gasteiger partial charge < -0.3 is 4.74 Å². The Morgan fingerprint density at radius 3 is 2.67 bits per heavy atom. The largest absolute Gasteiger partial charge is 0.455 e. The number of alkyl halides is 1. The second-order valence-corrected chi connectivity index (χ2v) is 5.28. The van der Waals surface area contributed by atoms with Crippen LogP contribution in [0.3, 0.4) is 0 Å². The average molecular weight is 346 g/mol. The monoisotopic (exact) mass is 344 g/mol. The van der Waals surface area contributed by atoms with Crippen LogP contribution in [0.4, 0.5) is 0 Å². The fourth-order valence-corrected chi connectivity index (χ4v) is 2.40. The third-order valence-electron chi connectivity index (χ3n) is 2.55. The van der Waals surface area contributed by atoms with E-state index >= 15 is 0 Å². The Kier molecular flexibility index (Phi) is 4.55. The third-order valence-corrected chi connectivity index (χ3v) is 3.69. The quantitative estimate of drug-likeness (QED) is 0.621. The number of rotatable bonds is 3. The van der Waals surface area contributed by atoms with E-state index in [0.29, 0.717) is 21.1 Å². The van der Waals surface area contributed by atoms with Gasteiger partial charge in [0.05, 0.1) is 5.02 Å². The van der Waals surface area contributed by atoms with E-state index in [1.165, 1.54) is 0 Å². The van der Waals surface area contributed by atoms with Gasteiger partial charge in [-0.1, -0.05) is 57.3 Å². The molecule has 0 saturated carbocycles. The van der Waals surface area contributed by atoms with E-state index in [0.717, 1.165) is 16.9 Å². The van der Waals surface area contributed by atoms with Crippen LogP contribution < -0.4 is 4.74 Å². The second kappa shape index (κ2) is 5.96. The van der Waals surface area contributed by atoms with Crippen LogP contribution in [-0.4, -0.2) is 0 Å². The minimum absolute atomic E-state index is 0.589. The number of para-hydroxylation sites is 1. The highest BCUT2D eigenvalue weighted by atomic mass is 79.9. The minimum atomic E-state index is 0.589. The number of halogens is 3. The van der Waals surface area contributed by atoms with Crippen molar-refractivity contribution in [3.8, 4) is 11.5 Å². The summed E-state index contributed by atoms with van der Waals surface area (Å²) < 4.78 is 5.90. The van der Waals surface area contributed by atoms with E-state index in [-0.39, 0.29) is 0 Å². The Morgan fingerprint density at radius 2 is 1.94 bits per heavy atom. The van der Waals surface area contributed by atoms with E-state index < -0.39 is 0 Å². The predicted molar refractivity (Wildman–Crippen MR) is 80.3 cm³/mol. The van der Waals surface area contributed by atoms with Gasteiger partial charge in [-0.2, -0.15) is 0 Å². The van der Waals surface area contributed by atoms with Gasteiger partial charge in [0.25, 0.3) is 0 Å². The molecule has 2 rings (SSSR count). The summed E-state index contributed by atoms with van der Waals surface area (Å²) in [5.41, 5.74) is 2.02. The van der Waals surface area contributed by atoms with Gasteiger partial charge in [0.15, 0.2) is 0 Å². The molecule has 2 aromatic carbocycles. The first kappa shape index (κ1) is 13.7. The Labute approximate surface area is 125 Å². The van der Waals surface area contributed by atoms with E-state index in [1.807, 2.05) is 37.3 Å². The average Bonchev–Trinajstić information content (AvgIpc) is 2.36. The summed E-state index contributed by atoms with van der Waals surface area (Å²) in [5.74, 6) is 1.39. The van der Waals surface area contributed by atoms with Crippen LogP contribution in [0.1, 0.15) is 11.1 Å². The predicted octanol–water partition coefficient (Wildman–Crippen LogP) is 5.99. The molecule has 0 radical (unpaired) electrons. The molecule has 0 aliphatic heterocycles. The molecule has 0 aliphatic rings. The minimum Gasteiger partial charge on any atom is -0.455 e. The van der Waals surface area contributed by atoms with E-state index in [9.17, 15) is 0 Å². The highest BCUT2D eigenvalue weighted by molar-refractivity contribution is 9.08. The second-order valence-electron chi connectivity index (χ2n) is 3.87. The standard InChI is InChI=1S/C14H11BrCl2O/c1-9-5-6-11(16)7-13(9)18-14-10(8-15)3-2-4-12(14)17/h2-7H,8H2,1H3. The first-order valence-electron chi connectivity index (χ1n) is 5.39. The highest BCUT2D eigenvalue weighted by Gasteiger charge is 2.10. The van der Waals surface area contributed by atoms with Crippen LogP contribution in [0.15, 0.2) is 36.4 Å². The summed E-state index contributed by atoms with van der Waals surface area (Å²) in [6.07, 6.45) is 0. The van der Waals surface area contributed by atoms with Crippen molar-refractivity contribution in [2.75, 3.05) is 0 Å². The molecule has 0 atom stereocenters. The van der Waals surface area contributed by atoms with Crippen LogP contribution in [0.5, 0.6) is 11.5 Å². The summed E-state index contributed by atoms with van der Waals surface area (Å²) in [6, 6.07) is 11.2. The number of hydrogen-bond acceptors (Lipinski definition) is 1. The lowest BCUT2D eigenvalue weighted by atomic mass is 10.2. The van der Waals surface area contributed by atoms with Gasteiger partial charge in [-0.25, -0.2) is 0 Å². The molecule has 0 N–H and O–H groups in total. The van der Waals surface area contributed by atoms with E-state index in [1.54, 1.807) is 6.07 Å². The molecule has 18 heavy (non-hydrogen) atoms. The zero-order chi connectivity index (χ0) is 13.1. The van der Waals surface area contributed by atoms with E-state index in [4.69, 9.17) is 27.9 Å². The fraction of sp³-hybridized carbons (Fsp3) is 0.143. The van der Waals surface area contributed by atoms with Crippen LogP contribution in [0.25, 0.3) is 0 Å². The molecule has 0 spiro atoms. The molecule has 1 nitrogen and oxygen atoms in total. The van der Waals surface area contributed by atoms with Gasteiger partial charge in [0.1, 0.15) is 11.5 Å². The molecule has 0 aromatic heterocycles. The van der Waals surface area contributed by atoms with Gasteiger partial charge in [-0.3, -0.25) is 0 Å². The zero-order valence-electron chi connectivity index (χ0n) is 9.71. The van der Waals surface area contributed by atoms with Crippen LogP contribution in [0, 0.1) is 6.92 Å². The molecule has 2 aromatic rings. The van der Waals surface area contributed by atoms with Gasteiger partial charge in [-0.05, 0) is 30.7 Å².